The van der Waals surface area contributed by atoms with Crippen LogP contribution in [-0.2, 0) is 4.79 Å². The second kappa shape index (κ2) is 7.30. The fraction of sp³-hybridized carbons (Fsp3) is 0.250. The highest BCUT2D eigenvalue weighted by molar-refractivity contribution is 6.00. The van der Waals surface area contributed by atoms with E-state index in [-0.39, 0.29) is 17.9 Å². The van der Waals surface area contributed by atoms with Gasteiger partial charge in [0.15, 0.2) is 0 Å². The van der Waals surface area contributed by atoms with Crippen LogP contribution in [0.2, 0.25) is 0 Å². The van der Waals surface area contributed by atoms with Crippen LogP contribution < -0.4 is 5.32 Å². The topological polar surface area (TPSA) is 73.3 Å². The Labute approximate surface area is 147 Å². The summed E-state index contributed by atoms with van der Waals surface area (Å²) in [6.45, 7) is 2.16. The van der Waals surface area contributed by atoms with Crippen LogP contribution in [0.3, 0.4) is 0 Å². The van der Waals surface area contributed by atoms with Gasteiger partial charge in [-0.15, -0.1) is 0 Å². The first-order valence-electron chi connectivity index (χ1n) is 8.32. The lowest BCUT2D eigenvalue weighted by Gasteiger charge is -2.24. The molecule has 2 N–H and O–H groups in total. The van der Waals surface area contributed by atoms with Crippen molar-refractivity contribution in [3.63, 3.8) is 0 Å². The molecule has 2 aromatic carbocycles. The molecular weight excluding hydrogens is 314 g/mol. The normalized spacial score (nSPS) is 16.8. The van der Waals surface area contributed by atoms with Crippen molar-refractivity contribution in [2.24, 2.45) is 0 Å². The Balaban J connectivity index is 1.75. The van der Waals surface area contributed by atoms with Crippen molar-refractivity contribution in [1.82, 2.24) is 10.2 Å². The first-order chi connectivity index (χ1) is 12.0. The lowest BCUT2D eigenvalue weighted by atomic mass is 10.0. The Hall–Kier alpha value is -2.95. The van der Waals surface area contributed by atoms with Crippen LogP contribution >= 0.6 is 0 Å². The summed E-state index contributed by atoms with van der Waals surface area (Å²) >= 11 is 0. The number of nitrogens with one attached hydrogen (secondary N) is 2. The van der Waals surface area contributed by atoms with E-state index in [1.54, 1.807) is 4.90 Å². The van der Waals surface area contributed by atoms with Gasteiger partial charge >= 0.3 is 0 Å². The summed E-state index contributed by atoms with van der Waals surface area (Å²) in [5, 5.41) is 10.6. The van der Waals surface area contributed by atoms with Gasteiger partial charge in [0.2, 0.25) is 5.91 Å². The molecule has 0 aliphatic carbocycles. The summed E-state index contributed by atoms with van der Waals surface area (Å²) in [4.78, 5) is 25.6. The number of hydrogen-bond acceptors (Lipinski definition) is 3. The zero-order chi connectivity index (χ0) is 17.8. The molecule has 5 heteroatoms. The second-order valence-electron chi connectivity index (χ2n) is 6.28. The van der Waals surface area contributed by atoms with E-state index in [0.29, 0.717) is 30.8 Å². The van der Waals surface area contributed by atoms with E-state index < -0.39 is 0 Å². The number of rotatable bonds is 4. The smallest absolute Gasteiger partial charge is 0.254 e. The van der Waals surface area contributed by atoms with Crippen LogP contribution in [0, 0.1) is 5.41 Å². The summed E-state index contributed by atoms with van der Waals surface area (Å²) in [6.07, 6.45) is 0.508. The Morgan fingerprint density at radius 1 is 1.08 bits per heavy atom. The fourth-order valence-electron chi connectivity index (χ4n) is 3.08. The molecule has 1 heterocycles. The van der Waals surface area contributed by atoms with E-state index >= 15 is 0 Å². The summed E-state index contributed by atoms with van der Waals surface area (Å²) < 4.78 is 0. The first-order valence-corrected chi connectivity index (χ1v) is 8.32. The highest BCUT2D eigenvalue weighted by Gasteiger charge is 2.32. The molecule has 1 atom stereocenters. The van der Waals surface area contributed by atoms with Crippen LogP contribution in [-0.4, -0.2) is 41.6 Å². The van der Waals surface area contributed by atoms with E-state index in [1.165, 1.54) is 6.92 Å². The molecule has 5 nitrogen and oxygen atoms in total. The molecule has 1 aliphatic heterocycles. The maximum Gasteiger partial charge on any atom is 0.254 e. The lowest BCUT2D eigenvalue weighted by Crippen LogP contribution is -2.42. The molecule has 1 aliphatic rings. The number of carbonyl (C=O) groups is 2. The molecule has 2 aromatic rings. The van der Waals surface area contributed by atoms with Gasteiger partial charge in [0.05, 0.1) is 12.6 Å². The van der Waals surface area contributed by atoms with Gasteiger partial charge in [0.25, 0.3) is 5.91 Å². The van der Waals surface area contributed by atoms with Crippen molar-refractivity contribution in [2.75, 3.05) is 13.1 Å². The minimum absolute atomic E-state index is 0.0998. The molecule has 0 spiro atoms. The third-order valence-electron chi connectivity index (χ3n) is 4.37. The zero-order valence-electron chi connectivity index (χ0n) is 14.2. The van der Waals surface area contributed by atoms with Crippen molar-refractivity contribution in [3.8, 4) is 11.1 Å². The van der Waals surface area contributed by atoms with E-state index in [9.17, 15) is 9.59 Å². The van der Waals surface area contributed by atoms with E-state index in [0.717, 1.165) is 11.1 Å². The largest absolute Gasteiger partial charge is 0.354 e. The number of likely N-dealkylation sites (tertiary alicyclic amines) is 1. The SMILES string of the molecule is CC(=O)NCC1CC(=N)CN1C(=O)c1ccc(-c2ccccc2)cc1. The lowest BCUT2D eigenvalue weighted by molar-refractivity contribution is -0.119. The third kappa shape index (κ3) is 3.94. The molecule has 128 valence electrons. The maximum absolute atomic E-state index is 12.8. The molecule has 3 rings (SSSR count). The van der Waals surface area contributed by atoms with Gasteiger partial charge in [-0.25, -0.2) is 0 Å². The zero-order valence-corrected chi connectivity index (χ0v) is 14.2. The van der Waals surface area contributed by atoms with E-state index in [2.05, 4.69) is 5.32 Å². The highest BCUT2D eigenvalue weighted by atomic mass is 16.2. The fourth-order valence-corrected chi connectivity index (χ4v) is 3.08. The molecule has 2 amide bonds. The average molecular weight is 335 g/mol. The molecule has 0 bridgehead atoms. The van der Waals surface area contributed by atoms with E-state index in [1.807, 2.05) is 54.6 Å². The second-order valence-corrected chi connectivity index (χ2v) is 6.28. The van der Waals surface area contributed by atoms with Gasteiger partial charge in [-0.1, -0.05) is 42.5 Å². The highest BCUT2D eigenvalue weighted by Crippen LogP contribution is 2.22. The summed E-state index contributed by atoms with van der Waals surface area (Å²) in [5.41, 5.74) is 3.28. The van der Waals surface area contributed by atoms with Crippen LogP contribution in [0.5, 0.6) is 0 Å². The maximum atomic E-state index is 12.8. The van der Waals surface area contributed by atoms with Gasteiger partial charge in [0.1, 0.15) is 0 Å². The van der Waals surface area contributed by atoms with Crippen LogP contribution in [0.1, 0.15) is 23.7 Å². The van der Waals surface area contributed by atoms with Crippen molar-refractivity contribution >= 4 is 17.5 Å². The van der Waals surface area contributed by atoms with Crippen LogP contribution in [0.15, 0.2) is 54.6 Å². The molecule has 0 saturated carbocycles. The number of nitrogens with zero attached hydrogens (tertiary/aromatic N) is 1. The summed E-state index contributed by atoms with van der Waals surface area (Å²) in [7, 11) is 0. The minimum atomic E-state index is -0.155. The third-order valence-corrected chi connectivity index (χ3v) is 4.37. The minimum Gasteiger partial charge on any atom is -0.354 e. The van der Waals surface area contributed by atoms with Crippen LogP contribution in [0.4, 0.5) is 0 Å². The molecule has 1 fully saturated rings. The van der Waals surface area contributed by atoms with Gasteiger partial charge < -0.3 is 15.6 Å². The quantitative estimate of drug-likeness (QED) is 0.901. The predicted molar refractivity (Wildman–Crippen MR) is 97.7 cm³/mol. The molecule has 0 aromatic heterocycles. The molecule has 25 heavy (non-hydrogen) atoms. The Morgan fingerprint density at radius 3 is 2.36 bits per heavy atom. The van der Waals surface area contributed by atoms with Crippen molar-refractivity contribution in [2.45, 2.75) is 19.4 Å². The molecule has 1 unspecified atom stereocenters. The average Bonchev–Trinajstić information content (AvgIpc) is 3.01. The van der Waals surface area contributed by atoms with Crippen molar-refractivity contribution in [1.29, 1.82) is 5.41 Å². The Bertz CT molecular complexity index is 784. The first kappa shape index (κ1) is 16.9. The number of amides is 2. The molecular formula is C20H21N3O2. The standard InChI is InChI=1S/C20H21N3O2/c1-14(24)22-12-19-11-18(21)13-23(19)20(25)17-9-7-16(8-10-17)15-5-3-2-4-6-15/h2-10,19,21H,11-13H2,1H3,(H,22,24). The van der Waals surface area contributed by atoms with Gasteiger partial charge in [0, 0.05) is 31.2 Å². The van der Waals surface area contributed by atoms with Crippen molar-refractivity contribution in [3.05, 3.63) is 60.2 Å². The Morgan fingerprint density at radius 2 is 1.72 bits per heavy atom. The summed E-state index contributed by atoms with van der Waals surface area (Å²) in [5.74, 6) is -0.227. The predicted octanol–water partition coefficient (Wildman–Crippen LogP) is 2.72. The Kier molecular flexibility index (Phi) is 4.93. The van der Waals surface area contributed by atoms with E-state index in [4.69, 9.17) is 5.41 Å². The number of carbonyl (C=O) groups excluding carboxylic acids is 2. The molecule has 1 saturated heterocycles. The van der Waals surface area contributed by atoms with Gasteiger partial charge in [-0.3, -0.25) is 9.59 Å². The monoisotopic (exact) mass is 335 g/mol. The van der Waals surface area contributed by atoms with Gasteiger partial charge in [-0.05, 0) is 23.3 Å². The van der Waals surface area contributed by atoms with Gasteiger partial charge in [-0.2, -0.15) is 0 Å². The summed E-state index contributed by atoms with van der Waals surface area (Å²) in [6, 6.07) is 17.4. The van der Waals surface area contributed by atoms with Crippen molar-refractivity contribution < 1.29 is 9.59 Å². The molecule has 0 radical (unpaired) electrons. The number of hydrogen-bond donors (Lipinski definition) is 2. The van der Waals surface area contributed by atoms with Crippen LogP contribution in [0.25, 0.3) is 11.1 Å². The number of benzene rings is 2.